The van der Waals surface area contributed by atoms with Crippen LogP contribution in [-0.2, 0) is 0 Å². The van der Waals surface area contributed by atoms with Gasteiger partial charge in [-0.15, -0.1) is 11.3 Å². The summed E-state index contributed by atoms with van der Waals surface area (Å²) in [6.07, 6.45) is 0. The van der Waals surface area contributed by atoms with Crippen molar-refractivity contribution in [3.63, 3.8) is 0 Å². The molecule has 0 aliphatic rings. The van der Waals surface area contributed by atoms with E-state index in [1.54, 1.807) is 11.3 Å². The van der Waals surface area contributed by atoms with Crippen molar-refractivity contribution in [1.82, 2.24) is 15.0 Å². The van der Waals surface area contributed by atoms with E-state index >= 15 is 0 Å². The Labute approximate surface area is 286 Å². The van der Waals surface area contributed by atoms with Gasteiger partial charge in [-0.2, -0.15) is 0 Å². The summed E-state index contributed by atoms with van der Waals surface area (Å²) >= 11 is 1.68. The van der Waals surface area contributed by atoms with Crippen LogP contribution in [0.5, 0.6) is 0 Å². The highest BCUT2D eigenvalue weighted by Crippen LogP contribution is 2.42. The highest BCUT2D eigenvalue weighted by atomic mass is 32.1. The van der Waals surface area contributed by atoms with Gasteiger partial charge in [0.15, 0.2) is 17.5 Å². The SMILES string of the molecule is [2H]c1c([2H])c([2H])c(-c2nc(-c3ccc4oc5c6ccccc6ccc5c4c3)nc(-c3cccc4sc5ccc(-c6ccccc6)cc5c34)n2)c([2H])c1[2H]. The molecule has 0 amide bonds. The summed E-state index contributed by atoms with van der Waals surface area (Å²) in [7, 11) is 0. The Morgan fingerprint density at radius 3 is 2.17 bits per heavy atom. The third-order valence-electron chi connectivity index (χ3n) is 8.82. The summed E-state index contributed by atoms with van der Waals surface area (Å²) in [6, 6.07) is 38.5. The third-order valence-corrected chi connectivity index (χ3v) is 9.96. The van der Waals surface area contributed by atoms with E-state index in [9.17, 15) is 0 Å². The smallest absolute Gasteiger partial charge is 0.164 e. The minimum atomic E-state index is -0.480. The Morgan fingerprint density at radius 1 is 0.500 bits per heavy atom. The number of thiophene rings is 1. The molecule has 0 radical (unpaired) electrons. The lowest BCUT2D eigenvalue weighted by Gasteiger charge is -2.10. The van der Waals surface area contributed by atoms with E-state index in [1.807, 2.05) is 66.7 Å². The molecule has 10 aromatic rings. The molecule has 7 aromatic carbocycles. The molecule has 4 nitrogen and oxygen atoms in total. The van der Waals surface area contributed by atoms with Gasteiger partial charge in [-0.05, 0) is 59.0 Å². The molecule has 0 saturated carbocycles. The van der Waals surface area contributed by atoms with Crippen molar-refractivity contribution in [2.75, 3.05) is 0 Å². The van der Waals surface area contributed by atoms with Crippen molar-refractivity contribution in [1.29, 1.82) is 0 Å². The van der Waals surface area contributed by atoms with Gasteiger partial charge in [0.1, 0.15) is 11.2 Å². The number of hydrogen-bond donors (Lipinski definition) is 0. The van der Waals surface area contributed by atoms with Crippen LogP contribution in [0, 0.1) is 0 Å². The summed E-state index contributed by atoms with van der Waals surface area (Å²) < 4.78 is 51.2. The molecule has 0 unspecified atom stereocenters. The average molecular weight is 637 g/mol. The fraction of sp³-hybridized carbons (Fsp3) is 0. The van der Waals surface area contributed by atoms with Crippen molar-refractivity contribution in [2.24, 2.45) is 0 Å². The lowest BCUT2D eigenvalue weighted by Crippen LogP contribution is -2.00. The lowest BCUT2D eigenvalue weighted by atomic mass is 10.0. The van der Waals surface area contributed by atoms with Gasteiger partial charge in [-0.25, -0.2) is 15.0 Å². The fourth-order valence-corrected chi connectivity index (χ4v) is 7.68. The second-order valence-corrected chi connectivity index (χ2v) is 12.7. The van der Waals surface area contributed by atoms with Gasteiger partial charge in [0, 0.05) is 53.0 Å². The van der Waals surface area contributed by atoms with E-state index in [0.29, 0.717) is 22.8 Å². The maximum absolute atomic E-state index is 8.80. The van der Waals surface area contributed by atoms with Crippen LogP contribution >= 0.6 is 11.3 Å². The lowest BCUT2D eigenvalue weighted by molar-refractivity contribution is 0.672. The first-order valence-corrected chi connectivity index (χ1v) is 16.3. The number of benzene rings is 7. The van der Waals surface area contributed by atoms with Crippen molar-refractivity contribution in [2.45, 2.75) is 0 Å². The van der Waals surface area contributed by atoms with Gasteiger partial charge in [0.05, 0.1) is 6.85 Å². The molecule has 0 N–H and O–H groups in total. The van der Waals surface area contributed by atoms with Gasteiger partial charge in [0.25, 0.3) is 0 Å². The number of rotatable bonds is 4. The van der Waals surface area contributed by atoms with E-state index in [1.165, 1.54) is 0 Å². The van der Waals surface area contributed by atoms with E-state index in [-0.39, 0.29) is 23.5 Å². The Kier molecular flexibility index (Phi) is 4.98. The van der Waals surface area contributed by atoms with E-state index in [0.717, 1.165) is 64.0 Å². The molecule has 0 atom stereocenters. The summed E-state index contributed by atoms with van der Waals surface area (Å²) in [5.74, 6) is 0.623. The first-order chi connectivity index (χ1) is 25.8. The number of aromatic nitrogens is 3. The van der Waals surface area contributed by atoms with Gasteiger partial charge >= 0.3 is 0 Å². The molecule has 10 rings (SSSR count). The molecular formula is C43H25N3OS. The number of furan rings is 1. The molecule has 3 heterocycles. The molecule has 0 saturated heterocycles. The first kappa shape index (κ1) is 22.4. The average Bonchev–Trinajstić information content (AvgIpc) is 3.77. The molecule has 0 fully saturated rings. The van der Waals surface area contributed by atoms with Gasteiger partial charge < -0.3 is 4.42 Å². The van der Waals surface area contributed by atoms with Gasteiger partial charge in [-0.1, -0.05) is 109 Å². The van der Waals surface area contributed by atoms with Crippen molar-refractivity contribution in [3.05, 3.63) is 152 Å². The third kappa shape index (κ3) is 4.33. The van der Waals surface area contributed by atoms with Crippen LogP contribution < -0.4 is 0 Å². The number of nitrogens with zero attached hydrogens (tertiary/aromatic N) is 3. The Balaban J connectivity index is 1.24. The van der Waals surface area contributed by atoms with Gasteiger partial charge in [-0.3, -0.25) is 0 Å². The van der Waals surface area contributed by atoms with Crippen LogP contribution in [0.3, 0.4) is 0 Å². The second-order valence-electron chi connectivity index (χ2n) is 11.6. The summed E-state index contributed by atoms with van der Waals surface area (Å²) in [6.45, 7) is 0. The Morgan fingerprint density at radius 2 is 1.27 bits per heavy atom. The summed E-state index contributed by atoms with van der Waals surface area (Å²) in [4.78, 5) is 14.8. The van der Waals surface area contributed by atoms with Gasteiger partial charge in [0.2, 0.25) is 0 Å². The summed E-state index contributed by atoms with van der Waals surface area (Å²) in [5, 5.41) is 5.94. The normalized spacial score (nSPS) is 13.2. The predicted molar refractivity (Wildman–Crippen MR) is 199 cm³/mol. The van der Waals surface area contributed by atoms with Crippen molar-refractivity contribution in [3.8, 4) is 45.3 Å². The molecular weight excluding hydrogens is 607 g/mol. The fourth-order valence-electron chi connectivity index (χ4n) is 6.57. The molecule has 0 bridgehead atoms. The van der Waals surface area contributed by atoms with E-state index in [4.69, 9.17) is 26.2 Å². The van der Waals surface area contributed by atoms with Crippen molar-refractivity contribution >= 4 is 64.2 Å². The quantitative estimate of drug-likeness (QED) is 0.193. The van der Waals surface area contributed by atoms with Crippen LogP contribution in [0.25, 0.3) is 98.2 Å². The molecule has 224 valence electrons. The van der Waals surface area contributed by atoms with Crippen LogP contribution in [0.15, 0.2) is 156 Å². The van der Waals surface area contributed by atoms with Crippen LogP contribution in [0.2, 0.25) is 0 Å². The zero-order chi connectivity index (χ0) is 36.0. The van der Waals surface area contributed by atoms with Crippen molar-refractivity contribution < 1.29 is 11.3 Å². The molecule has 0 spiro atoms. The zero-order valence-corrected chi connectivity index (χ0v) is 26.0. The maximum Gasteiger partial charge on any atom is 0.164 e. The highest BCUT2D eigenvalue weighted by Gasteiger charge is 2.19. The largest absolute Gasteiger partial charge is 0.455 e. The zero-order valence-electron chi connectivity index (χ0n) is 30.2. The minimum Gasteiger partial charge on any atom is -0.455 e. The summed E-state index contributed by atoms with van der Waals surface area (Å²) in [5.41, 5.74) is 5.01. The molecule has 0 aliphatic carbocycles. The number of hydrogen-bond acceptors (Lipinski definition) is 5. The Hall–Kier alpha value is -6.17. The molecule has 5 heteroatoms. The number of fused-ring (bicyclic) bond motifs is 8. The van der Waals surface area contributed by atoms with Crippen LogP contribution in [-0.4, -0.2) is 15.0 Å². The first-order valence-electron chi connectivity index (χ1n) is 18.0. The second kappa shape index (κ2) is 10.7. The standard InChI is InChI=1S/C43H25N3OS/c1-3-10-26(11-4-1)29-20-23-37-35(24-29)39-33(16-9-17-38(39)48-37)43-45-41(28-13-5-2-6-14-28)44-42(46-43)30-19-22-36-34(25-30)32-21-18-27-12-7-8-15-31(27)40(32)47-36/h1-25H/i2D,5D,6D,13D,14D. The minimum absolute atomic E-state index is 0.00773. The van der Waals surface area contributed by atoms with E-state index < -0.39 is 18.1 Å². The monoisotopic (exact) mass is 636 g/mol. The molecule has 0 aliphatic heterocycles. The Bertz CT molecular complexity index is 3110. The molecule has 3 aromatic heterocycles. The van der Waals surface area contributed by atoms with Crippen LogP contribution in [0.1, 0.15) is 6.85 Å². The predicted octanol–water partition coefficient (Wildman–Crippen LogP) is 12.0. The topological polar surface area (TPSA) is 51.8 Å². The van der Waals surface area contributed by atoms with E-state index in [2.05, 4.69) is 54.6 Å². The highest BCUT2D eigenvalue weighted by molar-refractivity contribution is 7.26. The maximum atomic E-state index is 8.80. The molecule has 48 heavy (non-hydrogen) atoms. The van der Waals surface area contributed by atoms with Crippen LogP contribution in [0.4, 0.5) is 0 Å².